The number of piperidine rings is 3. The van der Waals surface area contributed by atoms with E-state index in [1.165, 1.54) is 18.4 Å². The number of hydrogen-bond acceptors (Lipinski definition) is 5. The molecule has 3 fully saturated rings. The van der Waals surface area contributed by atoms with Crippen molar-refractivity contribution < 1.29 is 4.79 Å². The monoisotopic (exact) mass is 413 g/mol. The first-order valence-corrected chi connectivity index (χ1v) is 11.9. The van der Waals surface area contributed by atoms with Crippen LogP contribution in [0, 0.1) is 5.92 Å². The van der Waals surface area contributed by atoms with Crippen LogP contribution in [-0.4, -0.2) is 95.9 Å². The van der Waals surface area contributed by atoms with Crippen molar-refractivity contribution in [3.63, 3.8) is 0 Å². The molecule has 30 heavy (non-hydrogen) atoms. The minimum atomic E-state index is 0.192. The number of aromatic nitrogens is 1. The number of hydrogen-bond donors (Lipinski definition) is 0. The highest BCUT2D eigenvalue weighted by atomic mass is 16.2. The van der Waals surface area contributed by atoms with Crippen LogP contribution in [0.15, 0.2) is 24.5 Å². The number of carbonyl (C=O) groups is 1. The van der Waals surface area contributed by atoms with Crippen molar-refractivity contribution in [3.05, 3.63) is 30.1 Å². The van der Waals surface area contributed by atoms with Crippen LogP contribution in [-0.2, 0) is 11.3 Å². The van der Waals surface area contributed by atoms with Gasteiger partial charge in [-0.25, -0.2) is 0 Å². The maximum absolute atomic E-state index is 13.2. The lowest BCUT2D eigenvalue weighted by atomic mass is 9.92. The van der Waals surface area contributed by atoms with Gasteiger partial charge < -0.3 is 9.80 Å². The van der Waals surface area contributed by atoms with Crippen LogP contribution >= 0.6 is 0 Å². The van der Waals surface area contributed by atoms with E-state index in [0.29, 0.717) is 18.0 Å². The molecule has 1 atom stereocenters. The Bertz CT molecular complexity index is 667. The Kier molecular flexibility index (Phi) is 7.39. The average molecular weight is 414 g/mol. The summed E-state index contributed by atoms with van der Waals surface area (Å²) in [6.07, 6.45) is 10.7. The van der Waals surface area contributed by atoms with Gasteiger partial charge in [0.1, 0.15) is 0 Å². The Morgan fingerprint density at radius 2 is 1.87 bits per heavy atom. The second kappa shape index (κ2) is 10.2. The Labute approximate surface area is 182 Å². The molecule has 0 saturated carbocycles. The molecule has 3 saturated heterocycles. The van der Waals surface area contributed by atoms with Crippen molar-refractivity contribution in [2.24, 2.45) is 5.92 Å². The fourth-order valence-electron chi connectivity index (χ4n) is 5.58. The summed E-state index contributed by atoms with van der Waals surface area (Å²) in [5.74, 6) is 0.583. The van der Waals surface area contributed by atoms with Gasteiger partial charge in [0, 0.05) is 44.6 Å². The third kappa shape index (κ3) is 5.40. The average Bonchev–Trinajstić information content (AvgIpc) is 2.80. The van der Waals surface area contributed by atoms with Crippen LogP contribution in [0.2, 0.25) is 0 Å². The van der Waals surface area contributed by atoms with Gasteiger partial charge in [0.25, 0.3) is 0 Å². The van der Waals surface area contributed by atoms with Crippen LogP contribution in [0.3, 0.4) is 0 Å². The van der Waals surface area contributed by atoms with Crippen molar-refractivity contribution in [3.8, 4) is 0 Å². The summed E-state index contributed by atoms with van der Waals surface area (Å²) in [5.41, 5.74) is 1.30. The highest BCUT2D eigenvalue weighted by Crippen LogP contribution is 2.27. The van der Waals surface area contributed by atoms with E-state index in [1.807, 2.05) is 25.5 Å². The predicted octanol–water partition coefficient (Wildman–Crippen LogP) is 2.31. The van der Waals surface area contributed by atoms with Gasteiger partial charge >= 0.3 is 0 Å². The summed E-state index contributed by atoms with van der Waals surface area (Å²) in [4.78, 5) is 27.1. The molecule has 1 amide bonds. The van der Waals surface area contributed by atoms with E-state index in [2.05, 4.69) is 37.7 Å². The lowest BCUT2D eigenvalue weighted by Gasteiger charge is -2.43. The summed E-state index contributed by atoms with van der Waals surface area (Å²) in [6.45, 7) is 7.63. The first-order chi connectivity index (χ1) is 14.6. The number of rotatable bonds is 5. The van der Waals surface area contributed by atoms with E-state index in [-0.39, 0.29) is 5.92 Å². The Balaban J connectivity index is 1.25. The molecule has 3 aliphatic heterocycles. The van der Waals surface area contributed by atoms with Gasteiger partial charge in [-0.1, -0.05) is 6.07 Å². The van der Waals surface area contributed by atoms with Gasteiger partial charge in [-0.05, 0) is 89.9 Å². The summed E-state index contributed by atoms with van der Waals surface area (Å²) in [6, 6.07) is 5.26. The molecule has 4 rings (SSSR count). The van der Waals surface area contributed by atoms with Gasteiger partial charge in [0.15, 0.2) is 0 Å². The maximum atomic E-state index is 13.2. The molecular formula is C24H39N5O. The predicted molar refractivity (Wildman–Crippen MR) is 120 cm³/mol. The fourth-order valence-corrected chi connectivity index (χ4v) is 5.58. The number of carbonyl (C=O) groups excluding carboxylic acids is 1. The van der Waals surface area contributed by atoms with Crippen molar-refractivity contribution in [1.29, 1.82) is 0 Å². The molecule has 0 unspecified atom stereocenters. The van der Waals surface area contributed by atoms with Gasteiger partial charge in [0.05, 0.1) is 5.92 Å². The molecule has 1 aromatic heterocycles. The SMILES string of the molecule is CN1CCC(N(C)C(=O)[C@@H]2CCCN(C3CCN(Cc4cccnc4)CC3)C2)CC1. The molecule has 1 aromatic rings. The lowest BCUT2D eigenvalue weighted by molar-refractivity contribution is -0.139. The maximum Gasteiger partial charge on any atom is 0.226 e. The first kappa shape index (κ1) is 21.7. The number of amides is 1. The molecule has 6 heteroatoms. The highest BCUT2D eigenvalue weighted by molar-refractivity contribution is 5.79. The van der Waals surface area contributed by atoms with E-state index in [1.54, 1.807) is 0 Å². The fraction of sp³-hybridized carbons (Fsp3) is 0.750. The highest BCUT2D eigenvalue weighted by Gasteiger charge is 2.34. The van der Waals surface area contributed by atoms with Crippen LogP contribution < -0.4 is 0 Å². The standard InChI is InChI=1S/C24H39N5O/c1-26-13-7-22(8-14-26)27(2)24(30)21-6-4-12-29(19-21)23-9-15-28(16-10-23)18-20-5-3-11-25-17-20/h3,5,11,17,21-23H,4,6-10,12-16,18-19H2,1-2H3/t21-/m1/s1. The Morgan fingerprint density at radius 3 is 2.57 bits per heavy atom. The van der Waals surface area contributed by atoms with Crippen molar-refractivity contribution in [2.45, 2.75) is 57.2 Å². The summed E-state index contributed by atoms with van der Waals surface area (Å²) in [7, 11) is 4.23. The van der Waals surface area contributed by atoms with Crippen molar-refractivity contribution in [2.75, 3.05) is 53.4 Å². The van der Waals surface area contributed by atoms with Crippen LogP contribution in [0.4, 0.5) is 0 Å². The summed E-state index contributed by atoms with van der Waals surface area (Å²) in [5, 5.41) is 0. The molecule has 0 aromatic carbocycles. The molecule has 0 spiro atoms. The molecule has 0 N–H and O–H groups in total. The van der Waals surface area contributed by atoms with Gasteiger partial charge in [-0.3, -0.25) is 19.6 Å². The lowest BCUT2D eigenvalue weighted by Crippen LogP contribution is -2.52. The molecule has 0 aliphatic carbocycles. The normalized spacial score (nSPS) is 26.0. The van der Waals surface area contributed by atoms with E-state index in [0.717, 1.165) is 71.5 Å². The van der Waals surface area contributed by atoms with E-state index in [9.17, 15) is 4.79 Å². The smallest absolute Gasteiger partial charge is 0.226 e. The van der Waals surface area contributed by atoms with Crippen LogP contribution in [0.1, 0.15) is 44.1 Å². The van der Waals surface area contributed by atoms with Crippen LogP contribution in [0.25, 0.3) is 0 Å². The first-order valence-electron chi connectivity index (χ1n) is 11.9. The summed E-state index contributed by atoms with van der Waals surface area (Å²) < 4.78 is 0. The van der Waals surface area contributed by atoms with Gasteiger partial charge in [-0.15, -0.1) is 0 Å². The zero-order chi connectivity index (χ0) is 20.9. The minimum absolute atomic E-state index is 0.192. The molecule has 3 aliphatic rings. The van der Waals surface area contributed by atoms with Crippen LogP contribution in [0.5, 0.6) is 0 Å². The molecule has 166 valence electrons. The third-order valence-electron chi connectivity index (χ3n) is 7.59. The topological polar surface area (TPSA) is 42.9 Å². The minimum Gasteiger partial charge on any atom is -0.342 e. The van der Waals surface area contributed by atoms with Gasteiger partial charge in [0.2, 0.25) is 5.91 Å². The largest absolute Gasteiger partial charge is 0.342 e. The Morgan fingerprint density at radius 1 is 1.10 bits per heavy atom. The second-order valence-electron chi connectivity index (χ2n) is 9.69. The number of likely N-dealkylation sites (tertiary alicyclic amines) is 3. The zero-order valence-corrected chi connectivity index (χ0v) is 18.9. The quantitative estimate of drug-likeness (QED) is 0.741. The zero-order valence-electron chi connectivity index (χ0n) is 18.9. The second-order valence-corrected chi connectivity index (χ2v) is 9.69. The third-order valence-corrected chi connectivity index (χ3v) is 7.59. The molecular weight excluding hydrogens is 374 g/mol. The van der Waals surface area contributed by atoms with Crippen molar-refractivity contribution in [1.82, 2.24) is 24.6 Å². The van der Waals surface area contributed by atoms with Gasteiger partial charge in [-0.2, -0.15) is 0 Å². The molecule has 0 bridgehead atoms. The molecule has 4 heterocycles. The summed E-state index contributed by atoms with van der Waals surface area (Å²) >= 11 is 0. The number of nitrogens with zero attached hydrogens (tertiary/aromatic N) is 5. The van der Waals surface area contributed by atoms with E-state index >= 15 is 0 Å². The van der Waals surface area contributed by atoms with E-state index < -0.39 is 0 Å². The van der Waals surface area contributed by atoms with Crippen molar-refractivity contribution >= 4 is 5.91 Å². The molecule has 0 radical (unpaired) electrons. The molecule has 6 nitrogen and oxygen atoms in total. The number of pyridine rings is 1. The van der Waals surface area contributed by atoms with E-state index in [4.69, 9.17) is 0 Å². The Hall–Kier alpha value is -1.50.